The molecule has 4 atom stereocenters. The van der Waals surface area contributed by atoms with E-state index in [1.54, 1.807) is 37.1 Å². The van der Waals surface area contributed by atoms with E-state index in [1.807, 2.05) is 66.7 Å². The van der Waals surface area contributed by atoms with Crippen LogP contribution >= 0.6 is 11.6 Å². The van der Waals surface area contributed by atoms with Gasteiger partial charge in [-0.2, -0.15) is 0 Å². The first-order valence-corrected chi connectivity index (χ1v) is 12.8. The van der Waals surface area contributed by atoms with E-state index >= 15 is 0 Å². The molecule has 37 heavy (non-hydrogen) atoms. The molecule has 0 radical (unpaired) electrons. The van der Waals surface area contributed by atoms with Gasteiger partial charge >= 0.3 is 5.97 Å². The minimum absolute atomic E-state index is 0.177. The number of aldehydes is 1. The fourth-order valence-corrected chi connectivity index (χ4v) is 6.47. The lowest BCUT2D eigenvalue weighted by molar-refractivity contribution is -0.156. The van der Waals surface area contributed by atoms with Crippen molar-refractivity contribution in [2.24, 2.45) is 11.8 Å². The van der Waals surface area contributed by atoms with E-state index < -0.39 is 29.1 Å². The van der Waals surface area contributed by atoms with Gasteiger partial charge in [0.15, 0.2) is 0 Å². The zero-order valence-electron chi connectivity index (χ0n) is 20.8. The molecule has 1 aliphatic carbocycles. The molecule has 0 bridgehead atoms. The monoisotopic (exact) mass is 513 g/mol. The highest BCUT2D eigenvalue weighted by Crippen LogP contribution is 2.60. The maximum atomic E-state index is 14.5. The lowest BCUT2D eigenvalue weighted by Gasteiger charge is -2.47. The van der Waals surface area contributed by atoms with Crippen LogP contribution in [0.4, 0.5) is 5.69 Å². The lowest BCUT2D eigenvalue weighted by atomic mass is 9.52. The summed E-state index contributed by atoms with van der Waals surface area (Å²) in [6, 6.07) is 24.5. The Hall–Kier alpha value is -3.70. The van der Waals surface area contributed by atoms with E-state index in [1.165, 1.54) is 0 Å². The standard InChI is InChI=1S/C31H28ClNO4/c1-3-37-29(35)28-22(16-20-10-6-4-7-11-20)17-23(19-34)27(21-12-8-5-9-13-21)31(28)25-18-24(32)14-15-26(25)33(2)30(31)36/h4-15,17-19,22,27-28H,3,16H2,1-2H3. The molecule has 3 aromatic rings. The normalized spacial score (nSPS) is 24.5. The largest absolute Gasteiger partial charge is 0.466 e. The van der Waals surface area contributed by atoms with E-state index in [4.69, 9.17) is 16.3 Å². The number of rotatable bonds is 6. The summed E-state index contributed by atoms with van der Waals surface area (Å²) in [5.74, 6) is -2.73. The second kappa shape index (κ2) is 9.98. The van der Waals surface area contributed by atoms with E-state index in [-0.39, 0.29) is 12.5 Å². The first kappa shape index (κ1) is 25.0. The van der Waals surface area contributed by atoms with Crippen LogP contribution in [0.2, 0.25) is 5.02 Å². The molecule has 1 spiro atoms. The Bertz CT molecular complexity index is 1370. The van der Waals surface area contributed by atoms with Crippen molar-refractivity contribution in [1.82, 2.24) is 0 Å². The molecule has 3 aromatic carbocycles. The number of esters is 1. The van der Waals surface area contributed by atoms with Crippen LogP contribution in [0.5, 0.6) is 0 Å². The second-order valence-electron chi connectivity index (χ2n) is 9.61. The molecule has 1 heterocycles. The van der Waals surface area contributed by atoms with Crippen LogP contribution in [0.3, 0.4) is 0 Å². The van der Waals surface area contributed by atoms with Crippen LogP contribution in [0, 0.1) is 11.8 Å². The Kier molecular flexibility index (Phi) is 6.74. The highest BCUT2D eigenvalue weighted by atomic mass is 35.5. The fourth-order valence-electron chi connectivity index (χ4n) is 6.30. The first-order valence-electron chi connectivity index (χ1n) is 12.4. The topological polar surface area (TPSA) is 63.7 Å². The summed E-state index contributed by atoms with van der Waals surface area (Å²) in [4.78, 5) is 42.8. The zero-order chi connectivity index (χ0) is 26.2. The molecule has 0 aromatic heterocycles. The minimum atomic E-state index is -1.41. The Morgan fingerprint density at radius 3 is 2.38 bits per heavy atom. The molecule has 0 N–H and O–H groups in total. The van der Waals surface area contributed by atoms with Gasteiger partial charge in [-0.15, -0.1) is 0 Å². The van der Waals surface area contributed by atoms with Gasteiger partial charge < -0.3 is 9.64 Å². The van der Waals surface area contributed by atoms with Gasteiger partial charge in [-0.05, 0) is 59.7 Å². The number of anilines is 1. The highest BCUT2D eigenvalue weighted by Gasteiger charge is 2.66. The number of hydrogen-bond acceptors (Lipinski definition) is 4. The lowest BCUT2D eigenvalue weighted by Crippen LogP contribution is -2.57. The van der Waals surface area contributed by atoms with E-state index in [2.05, 4.69) is 0 Å². The van der Waals surface area contributed by atoms with Crippen molar-refractivity contribution in [2.75, 3.05) is 18.6 Å². The van der Waals surface area contributed by atoms with Gasteiger partial charge in [-0.25, -0.2) is 0 Å². The number of carbonyl (C=O) groups excluding carboxylic acids is 3. The van der Waals surface area contributed by atoms with Crippen LogP contribution < -0.4 is 4.90 Å². The molecule has 188 valence electrons. The van der Waals surface area contributed by atoms with Crippen molar-refractivity contribution in [1.29, 1.82) is 0 Å². The molecule has 0 fully saturated rings. The van der Waals surface area contributed by atoms with Gasteiger partial charge in [0, 0.05) is 23.7 Å². The number of fused-ring (bicyclic) bond motifs is 2. The molecule has 1 aliphatic heterocycles. The fraction of sp³-hybridized carbons (Fsp3) is 0.258. The van der Waals surface area contributed by atoms with Gasteiger partial charge in [0.05, 0.1) is 12.5 Å². The van der Waals surface area contributed by atoms with Crippen molar-refractivity contribution in [3.05, 3.63) is 112 Å². The van der Waals surface area contributed by atoms with Gasteiger partial charge in [0.2, 0.25) is 5.91 Å². The number of nitrogens with zero attached hydrogens (tertiary/aromatic N) is 1. The van der Waals surface area contributed by atoms with Crippen molar-refractivity contribution in [3.8, 4) is 0 Å². The molecule has 5 nitrogen and oxygen atoms in total. The predicted octanol–water partition coefficient (Wildman–Crippen LogP) is 5.52. The van der Waals surface area contributed by atoms with Crippen LogP contribution in [-0.2, 0) is 31.0 Å². The van der Waals surface area contributed by atoms with Crippen molar-refractivity contribution >= 4 is 35.5 Å². The Morgan fingerprint density at radius 2 is 1.73 bits per heavy atom. The zero-order valence-corrected chi connectivity index (χ0v) is 21.5. The molecular weight excluding hydrogens is 486 g/mol. The summed E-state index contributed by atoms with van der Waals surface area (Å²) in [6.45, 7) is 1.94. The Balaban J connectivity index is 1.86. The summed E-state index contributed by atoms with van der Waals surface area (Å²) in [6.07, 6.45) is 3.17. The molecule has 6 heteroatoms. The average molecular weight is 514 g/mol. The molecular formula is C31H28ClNO4. The van der Waals surface area contributed by atoms with Gasteiger partial charge in [-0.1, -0.05) is 78.3 Å². The van der Waals surface area contributed by atoms with Crippen LogP contribution in [0.1, 0.15) is 29.5 Å². The third-order valence-electron chi connectivity index (χ3n) is 7.66. The van der Waals surface area contributed by atoms with Crippen LogP contribution in [-0.4, -0.2) is 31.8 Å². The van der Waals surface area contributed by atoms with Crippen LogP contribution in [0.25, 0.3) is 0 Å². The van der Waals surface area contributed by atoms with E-state index in [0.29, 0.717) is 28.3 Å². The van der Waals surface area contributed by atoms with Crippen molar-refractivity contribution < 1.29 is 19.1 Å². The molecule has 2 aliphatic rings. The summed E-state index contributed by atoms with van der Waals surface area (Å²) < 4.78 is 5.66. The number of likely N-dealkylation sites (N-methyl/N-ethyl adjacent to an activating group) is 1. The molecule has 1 amide bonds. The number of amides is 1. The number of allylic oxidation sites excluding steroid dienone is 2. The van der Waals surface area contributed by atoms with E-state index in [0.717, 1.165) is 17.4 Å². The predicted molar refractivity (Wildman–Crippen MR) is 144 cm³/mol. The number of halogens is 1. The second-order valence-corrected chi connectivity index (χ2v) is 10.0. The van der Waals surface area contributed by atoms with Gasteiger partial charge in [0.25, 0.3) is 0 Å². The average Bonchev–Trinajstić information content (AvgIpc) is 3.11. The summed E-state index contributed by atoms with van der Waals surface area (Å²) in [5.41, 5.74) is 2.17. The van der Waals surface area contributed by atoms with Gasteiger partial charge in [0.1, 0.15) is 11.7 Å². The summed E-state index contributed by atoms with van der Waals surface area (Å²) >= 11 is 6.51. The molecule has 4 unspecified atom stereocenters. The SMILES string of the molecule is CCOC(=O)C1C(Cc2ccccc2)C=C(C=O)C(c2ccccc2)C12C(=O)N(C)c1ccc(Cl)cc12. The van der Waals surface area contributed by atoms with Gasteiger partial charge in [-0.3, -0.25) is 14.4 Å². The quantitative estimate of drug-likeness (QED) is 0.322. The third kappa shape index (κ3) is 3.98. The molecule has 0 saturated carbocycles. The van der Waals surface area contributed by atoms with Crippen molar-refractivity contribution in [2.45, 2.75) is 24.7 Å². The van der Waals surface area contributed by atoms with Crippen LogP contribution in [0.15, 0.2) is 90.5 Å². The Morgan fingerprint density at radius 1 is 1.05 bits per heavy atom. The highest BCUT2D eigenvalue weighted by molar-refractivity contribution is 6.31. The molecule has 5 rings (SSSR count). The summed E-state index contributed by atoms with van der Waals surface area (Å²) in [5, 5.41) is 0.456. The maximum absolute atomic E-state index is 14.5. The number of benzene rings is 3. The Labute approximate surface area is 221 Å². The number of hydrogen-bond donors (Lipinski definition) is 0. The smallest absolute Gasteiger partial charge is 0.311 e. The molecule has 0 saturated heterocycles. The third-order valence-corrected chi connectivity index (χ3v) is 7.90. The maximum Gasteiger partial charge on any atom is 0.311 e. The summed E-state index contributed by atoms with van der Waals surface area (Å²) in [7, 11) is 1.71. The van der Waals surface area contributed by atoms with E-state index in [9.17, 15) is 14.4 Å². The number of ether oxygens (including phenoxy) is 1. The first-order chi connectivity index (χ1) is 17.9. The number of carbonyl (C=O) groups is 3. The van der Waals surface area contributed by atoms with Crippen molar-refractivity contribution in [3.63, 3.8) is 0 Å². The minimum Gasteiger partial charge on any atom is -0.466 e.